The Morgan fingerprint density at radius 3 is 2.78 bits per heavy atom. The lowest BCUT2D eigenvalue weighted by Gasteiger charge is -2.31. The number of rotatable bonds is 5. The Labute approximate surface area is 159 Å². The summed E-state index contributed by atoms with van der Waals surface area (Å²) >= 11 is 0. The molecule has 142 valence electrons. The summed E-state index contributed by atoms with van der Waals surface area (Å²) in [4.78, 5) is 16.8. The average Bonchev–Trinajstić information content (AvgIpc) is 2.69. The third-order valence-electron chi connectivity index (χ3n) is 4.53. The quantitative estimate of drug-likeness (QED) is 0.628. The largest absolute Gasteiger partial charge is 0.273 e. The van der Waals surface area contributed by atoms with E-state index in [0.717, 1.165) is 0 Å². The van der Waals surface area contributed by atoms with Gasteiger partial charge in [-0.3, -0.25) is 9.78 Å². The third-order valence-corrected chi connectivity index (χ3v) is 6.55. The van der Waals surface area contributed by atoms with E-state index in [-0.39, 0.29) is 12.5 Å². The van der Waals surface area contributed by atoms with Crippen molar-refractivity contribution < 1.29 is 13.2 Å². The van der Waals surface area contributed by atoms with Crippen LogP contribution in [-0.2, 0) is 14.8 Å². The van der Waals surface area contributed by atoms with Crippen molar-refractivity contribution in [1.29, 1.82) is 0 Å². The summed E-state index contributed by atoms with van der Waals surface area (Å²) in [6.07, 6.45) is 4.36. The van der Waals surface area contributed by atoms with E-state index in [4.69, 9.17) is 0 Å². The molecule has 0 spiro atoms. The van der Waals surface area contributed by atoms with Gasteiger partial charge in [0.1, 0.15) is 0 Å². The summed E-state index contributed by atoms with van der Waals surface area (Å²) in [5.41, 5.74) is 3.82. The predicted molar refractivity (Wildman–Crippen MR) is 103 cm³/mol. The summed E-state index contributed by atoms with van der Waals surface area (Å²) in [5, 5.41) is 3.92. The molecular formula is C19H22N4O3S. The molecule has 2 heterocycles. The molecule has 27 heavy (non-hydrogen) atoms. The first-order valence-corrected chi connectivity index (χ1v) is 10.2. The third kappa shape index (κ3) is 4.58. The molecule has 1 aromatic carbocycles. The Morgan fingerprint density at radius 2 is 2.04 bits per heavy atom. The number of sulfonamides is 1. The molecule has 7 nitrogen and oxygen atoms in total. The number of carbonyl (C=O) groups excluding carboxylic acids is 1. The van der Waals surface area contributed by atoms with Gasteiger partial charge in [-0.05, 0) is 43.5 Å². The molecule has 1 fully saturated rings. The molecule has 1 aromatic heterocycles. The van der Waals surface area contributed by atoms with Crippen LogP contribution in [0.1, 0.15) is 24.1 Å². The van der Waals surface area contributed by atoms with Crippen molar-refractivity contribution in [2.24, 2.45) is 11.0 Å². The number of hydrazone groups is 1. The lowest BCUT2D eigenvalue weighted by Crippen LogP contribution is -2.44. The van der Waals surface area contributed by atoms with Crippen LogP contribution in [0.5, 0.6) is 0 Å². The molecule has 0 radical (unpaired) electrons. The number of carbonyl (C=O) groups is 1. The number of hydrogen-bond donors (Lipinski definition) is 1. The second kappa shape index (κ2) is 8.41. The van der Waals surface area contributed by atoms with Gasteiger partial charge >= 0.3 is 0 Å². The van der Waals surface area contributed by atoms with Crippen molar-refractivity contribution in [3.05, 3.63) is 59.9 Å². The zero-order valence-corrected chi connectivity index (χ0v) is 15.9. The van der Waals surface area contributed by atoms with Gasteiger partial charge in [-0.1, -0.05) is 24.3 Å². The number of piperidine rings is 1. The summed E-state index contributed by atoms with van der Waals surface area (Å²) in [6.45, 7) is 2.34. The Bertz CT molecular complexity index is 929. The Hall–Kier alpha value is -2.58. The maximum absolute atomic E-state index is 12.9. The Morgan fingerprint density at radius 1 is 1.26 bits per heavy atom. The molecule has 1 amide bonds. The van der Waals surface area contributed by atoms with E-state index in [1.54, 1.807) is 49.5 Å². The van der Waals surface area contributed by atoms with Crippen molar-refractivity contribution in [2.75, 3.05) is 13.1 Å². The zero-order chi connectivity index (χ0) is 19.3. The maximum atomic E-state index is 12.9. The fourth-order valence-corrected chi connectivity index (χ4v) is 4.81. The fraction of sp³-hybridized carbons (Fsp3) is 0.316. The maximum Gasteiger partial charge on any atom is 0.244 e. The van der Waals surface area contributed by atoms with Crippen LogP contribution in [0.25, 0.3) is 0 Å². The number of pyridine rings is 1. The highest BCUT2D eigenvalue weighted by Crippen LogP contribution is 2.25. The minimum absolute atomic E-state index is 0.154. The molecule has 1 N–H and O–H groups in total. The number of amides is 1. The van der Waals surface area contributed by atoms with Crippen LogP contribution in [-0.4, -0.2) is 42.9 Å². The van der Waals surface area contributed by atoms with E-state index in [2.05, 4.69) is 15.5 Å². The highest BCUT2D eigenvalue weighted by Gasteiger charge is 2.33. The van der Waals surface area contributed by atoms with E-state index in [0.29, 0.717) is 35.5 Å². The molecule has 1 aliphatic heterocycles. The standard InChI is InChI=1S/C19H22N4O3S/c1-15-7-2-3-10-18(15)27(25,26)23-12-6-8-16(14-23)19(24)22-21-13-17-9-4-5-11-20-17/h2-5,7,9-11,13,16H,6,8,12,14H2,1H3,(H,22,24)/b21-13-/t16-/m0/s1. The zero-order valence-electron chi connectivity index (χ0n) is 15.1. The van der Waals surface area contributed by atoms with Gasteiger partial charge in [-0.2, -0.15) is 9.41 Å². The van der Waals surface area contributed by atoms with Crippen LogP contribution in [0.15, 0.2) is 58.7 Å². The van der Waals surface area contributed by atoms with Gasteiger partial charge < -0.3 is 0 Å². The van der Waals surface area contributed by atoms with Crippen LogP contribution >= 0.6 is 0 Å². The molecule has 0 aliphatic carbocycles. The molecule has 0 saturated carbocycles. The second-order valence-corrected chi connectivity index (χ2v) is 8.36. The molecule has 1 atom stereocenters. The molecule has 2 aromatic rings. The average molecular weight is 386 g/mol. The van der Waals surface area contributed by atoms with Crippen molar-refractivity contribution in [1.82, 2.24) is 14.7 Å². The minimum Gasteiger partial charge on any atom is -0.273 e. The number of aryl methyl sites for hydroxylation is 1. The highest BCUT2D eigenvalue weighted by molar-refractivity contribution is 7.89. The van der Waals surface area contributed by atoms with Crippen LogP contribution in [0.2, 0.25) is 0 Å². The van der Waals surface area contributed by atoms with E-state index < -0.39 is 15.9 Å². The number of aromatic nitrogens is 1. The van der Waals surface area contributed by atoms with Crippen molar-refractivity contribution in [3.63, 3.8) is 0 Å². The topological polar surface area (TPSA) is 91.7 Å². The summed E-state index contributed by atoms with van der Waals surface area (Å²) in [7, 11) is -3.62. The van der Waals surface area contributed by atoms with Crippen molar-refractivity contribution >= 4 is 22.1 Å². The van der Waals surface area contributed by atoms with Crippen LogP contribution < -0.4 is 5.43 Å². The number of benzene rings is 1. The molecular weight excluding hydrogens is 364 g/mol. The smallest absolute Gasteiger partial charge is 0.244 e. The van der Waals surface area contributed by atoms with Gasteiger partial charge in [0.25, 0.3) is 0 Å². The van der Waals surface area contributed by atoms with E-state index in [1.807, 2.05) is 6.07 Å². The molecule has 8 heteroatoms. The van der Waals surface area contributed by atoms with Crippen LogP contribution in [0.3, 0.4) is 0 Å². The summed E-state index contributed by atoms with van der Waals surface area (Å²) < 4.78 is 27.3. The molecule has 0 bridgehead atoms. The van der Waals surface area contributed by atoms with E-state index >= 15 is 0 Å². The van der Waals surface area contributed by atoms with Crippen LogP contribution in [0, 0.1) is 12.8 Å². The lowest BCUT2D eigenvalue weighted by molar-refractivity contribution is -0.126. The van der Waals surface area contributed by atoms with Gasteiger partial charge in [-0.25, -0.2) is 13.8 Å². The summed E-state index contributed by atoms with van der Waals surface area (Å²) in [5.74, 6) is -0.717. The number of nitrogens with one attached hydrogen (secondary N) is 1. The van der Waals surface area contributed by atoms with Gasteiger partial charge in [0.2, 0.25) is 15.9 Å². The molecule has 1 aliphatic rings. The predicted octanol–water partition coefficient (Wildman–Crippen LogP) is 1.94. The highest BCUT2D eigenvalue weighted by atomic mass is 32.2. The molecule has 0 unspecified atom stereocenters. The van der Waals surface area contributed by atoms with Gasteiger partial charge in [0.05, 0.1) is 22.7 Å². The molecule has 1 saturated heterocycles. The van der Waals surface area contributed by atoms with Gasteiger partial charge in [0.15, 0.2) is 0 Å². The SMILES string of the molecule is Cc1ccccc1S(=O)(=O)N1CCC[C@H](C(=O)N/N=C\c2ccccn2)C1. The van der Waals surface area contributed by atoms with E-state index in [9.17, 15) is 13.2 Å². The first kappa shape index (κ1) is 19.2. The van der Waals surface area contributed by atoms with Gasteiger partial charge in [-0.15, -0.1) is 0 Å². The van der Waals surface area contributed by atoms with Crippen LogP contribution in [0.4, 0.5) is 0 Å². The summed E-state index contributed by atoms with van der Waals surface area (Å²) in [6, 6.07) is 12.3. The normalized spacial score (nSPS) is 18.5. The van der Waals surface area contributed by atoms with E-state index in [1.165, 1.54) is 10.5 Å². The first-order valence-electron chi connectivity index (χ1n) is 8.78. The van der Waals surface area contributed by atoms with Crippen molar-refractivity contribution in [3.8, 4) is 0 Å². The van der Waals surface area contributed by atoms with Crippen molar-refractivity contribution in [2.45, 2.75) is 24.7 Å². The second-order valence-electron chi connectivity index (χ2n) is 6.46. The first-order chi connectivity index (χ1) is 13.0. The minimum atomic E-state index is -3.62. The van der Waals surface area contributed by atoms with Gasteiger partial charge in [0, 0.05) is 19.3 Å². The Balaban J connectivity index is 1.66. The lowest BCUT2D eigenvalue weighted by atomic mass is 9.99. The fourth-order valence-electron chi connectivity index (χ4n) is 3.07. The molecule has 3 rings (SSSR count). The number of hydrogen-bond acceptors (Lipinski definition) is 5. The monoisotopic (exact) mass is 386 g/mol. The number of nitrogens with zero attached hydrogens (tertiary/aromatic N) is 3. The Kier molecular flexibility index (Phi) is 5.98.